The highest BCUT2D eigenvalue weighted by Gasteiger charge is 2.42. The molecular formula is C20H28N2O4. The quantitative estimate of drug-likeness (QED) is 0.551. The number of ether oxygens (including phenoxy) is 1. The van der Waals surface area contributed by atoms with Crippen LogP contribution in [0.15, 0.2) is 30.3 Å². The van der Waals surface area contributed by atoms with Gasteiger partial charge in [-0.3, -0.25) is 9.59 Å². The summed E-state index contributed by atoms with van der Waals surface area (Å²) in [6.45, 7) is 2.49. The molecule has 0 saturated heterocycles. The molecule has 1 fully saturated rings. The maximum atomic E-state index is 12.3. The van der Waals surface area contributed by atoms with Crippen LogP contribution >= 0.6 is 0 Å². The molecule has 0 heterocycles. The van der Waals surface area contributed by atoms with Crippen LogP contribution < -0.4 is 10.6 Å². The van der Waals surface area contributed by atoms with Crippen LogP contribution in [0.2, 0.25) is 0 Å². The van der Waals surface area contributed by atoms with E-state index in [9.17, 15) is 14.4 Å². The lowest BCUT2D eigenvalue weighted by Gasteiger charge is -2.35. The van der Waals surface area contributed by atoms with Crippen LogP contribution in [0.1, 0.15) is 62.2 Å². The standard InChI is InChI=1S/C20H28N2O4/c1-2-26-19(25)20(13-7-4-8-14-20)22-17(23)12-9-15-21-18(24)16-10-5-3-6-11-16/h3,5-6,10-11H,2,4,7-9,12-15H2,1H3,(H,21,24)(H,22,23). The van der Waals surface area contributed by atoms with Crippen molar-refractivity contribution in [3.63, 3.8) is 0 Å². The second kappa shape index (κ2) is 9.94. The van der Waals surface area contributed by atoms with E-state index in [-0.39, 0.29) is 24.2 Å². The molecule has 1 aliphatic rings. The molecule has 6 nitrogen and oxygen atoms in total. The molecule has 0 spiro atoms. The van der Waals surface area contributed by atoms with Crippen LogP contribution in [-0.4, -0.2) is 36.5 Å². The van der Waals surface area contributed by atoms with Gasteiger partial charge in [0.05, 0.1) is 6.61 Å². The summed E-state index contributed by atoms with van der Waals surface area (Å²) in [5.41, 5.74) is -0.279. The maximum Gasteiger partial charge on any atom is 0.331 e. The highest BCUT2D eigenvalue weighted by atomic mass is 16.5. The first-order chi connectivity index (χ1) is 12.6. The molecule has 1 aromatic carbocycles. The van der Waals surface area contributed by atoms with Gasteiger partial charge < -0.3 is 15.4 Å². The van der Waals surface area contributed by atoms with Crippen LogP contribution in [0.5, 0.6) is 0 Å². The average molecular weight is 360 g/mol. The van der Waals surface area contributed by atoms with E-state index in [0.29, 0.717) is 38.0 Å². The Morgan fingerprint density at radius 1 is 1.08 bits per heavy atom. The summed E-state index contributed by atoms with van der Waals surface area (Å²) in [7, 11) is 0. The van der Waals surface area contributed by atoms with E-state index in [1.165, 1.54) is 0 Å². The lowest BCUT2D eigenvalue weighted by molar-refractivity contribution is -0.155. The molecule has 0 atom stereocenters. The topological polar surface area (TPSA) is 84.5 Å². The highest BCUT2D eigenvalue weighted by molar-refractivity contribution is 5.94. The Kier molecular flexibility index (Phi) is 7.63. The van der Waals surface area contributed by atoms with Crippen molar-refractivity contribution in [2.24, 2.45) is 0 Å². The van der Waals surface area contributed by atoms with Gasteiger partial charge in [-0.25, -0.2) is 4.79 Å². The van der Waals surface area contributed by atoms with Crippen LogP contribution in [-0.2, 0) is 14.3 Å². The van der Waals surface area contributed by atoms with Gasteiger partial charge in [0.2, 0.25) is 5.91 Å². The van der Waals surface area contributed by atoms with Crippen molar-refractivity contribution in [3.05, 3.63) is 35.9 Å². The summed E-state index contributed by atoms with van der Waals surface area (Å²) in [4.78, 5) is 36.6. The minimum Gasteiger partial charge on any atom is -0.464 e. The van der Waals surface area contributed by atoms with Crippen molar-refractivity contribution in [2.75, 3.05) is 13.2 Å². The number of hydrogen-bond donors (Lipinski definition) is 2. The van der Waals surface area contributed by atoms with Gasteiger partial charge in [-0.15, -0.1) is 0 Å². The van der Waals surface area contributed by atoms with Crippen molar-refractivity contribution in [1.82, 2.24) is 10.6 Å². The van der Waals surface area contributed by atoms with E-state index in [4.69, 9.17) is 4.74 Å². The molecule has 2 rings (SSSR count). The third-order valence-corrected chi connectivity index (χ3v) is 4.65. The number of carbonyl (C=O) groups is 3. The zero-order valence-corrected chi connectivity index (χ0v) is 15.4. The average Bonchev–Trinajstić information content (AvgIpc) is 2.66. The molecule has 0 radical (unpaired) electrons. The minimum atomic E-state index is -0.876. The first-order valence-corrected chi connectivity index (χ1v) is 9.39. The van der Waals surface area contributed by atoms with Gasteiger partial charge in [0.1, 0.15) is 5.54 Å². The van der Waals surface area contributed by atoms with E-state index < -0.39 is 5.54 Å². The Bertz CT molecular complexity index is 609. The monoisotopic (exact) mass is 360 g/mol. The van der Waals surface area contributed by atoms with Crippen molar-refractivity contribution in [2.45, 2.75) is 57.4 Å². The molecule has 0 aliphatic heterocycles. The van der Waals surface area contributed by atoms with Gasteiger partial charge in [-0.1, -0.05) is 37.5 Å². The van der Waals surface area contributed by atoms with Crippen LogP contribution in [0, 0.1) is 0 Å². The summed E-state index contributed by atoms with van der Waals surface area (Å²) < 4.78 is 5.18. The largest absolute Gasteiger partial charge is 0.464 e. The normalized spacial score (nSPS) is 15.7. The molecule has 2 N–H and O–H groups in total. The number of rotatable bonds is 8. The number of hydrogen-bond acceptors (Lipinski definition) is 4. The lowest BCUT2D eigenvalue weighted by atomic mass is 9.81. The SMILES string of the molecule is CCOC(=O)C1(NC(=O)CCCNC(=O)c2ccccc2)CCCCC1. The highest BCUT2D eigenvalue weighted by Crippen LogP contribution is 2.29. The number of carbonyl (C=O) groups excluding carboxylic acids is 3. The van der Waals surface area contributed by atoms with Gasteiger partial charge in [0.15, 0.2) is 0 Å². The molecular weight excluding hydrogens is 332 g/mol. The van der Waals surface area contributed by atoms with Crippen molar-refractivity contribution < 1.29 is 19.1 Å². The number of nitrogens with one attached hydrogen (secondary N) is 2. The van der Waals surface area contributed by atoms with Gasteiger partial charge in [0, 0.05) is 18.5 Å². The predicted molar refractivity (Wildman–Crippen MR) is 98.6 cm³/mol. The smallest absolute Gasteiger partial charge is 0.331 e. The first kappa shape index (κ1) is 19.9. The van der Waals surface area contributed by atoms with Gasteiger partial charge >= 0.3 is 5.97 Å². The zero-order valence-electron chi connectivity index (χ0n) is 15.4. The number of amides is 2. The van der Waals surface area contributed by atoms with Crippen molar-refractivity contribution in [3.8, 4) is 0 Å². The van der Waals surface area contributed by atoms with Crippen molar-refractivity contribution in [1.29, 1.82) is 0 Å². The maximum absolute atomic E-state index is 12.3. The summed E-state index contributed by atoms with van der Waals surface area (Å²) in [5, 5.41) is 5.71. The molecule has 142 valence electrons. The second-order valence-electron chi connectivity index (χ2n) is 6.64. The Balaban J connectivity index is 1.77. The summed E-state index contributed by atoms with van der Waals surface area (Å²) >= 11 is 0. The van der Waals surface area contributed by atoms with E-state index in [2.05, 4.69) is 10.6 Å². The summed E-state index contributed by atoms with van der Waals surface area (Å²) in [5.74, 6) is -0.652. The first-order valence-electron chi connectivity index (χ1n) is 9.39. The molecule has 6 heteroatoms. The Labute approximate surface area is 154 Å². The fraction of sp³-hybridized carbons (Fsp3) is 0.550. The number of benzene rings is 1. The van der Waals surface area contributed by atoms with E-state index >= 15 is 0 Å². The molecule has 1 saturated carbocycles. The second-order valence-corrected chi connectivity index (χ2v) is 6.64. The molecule has 0 bridgehead atoms. The molecule has 2 amide bonds. The minimum absolute atomic E-state index is 0.152. The summed E-state index contributed by atoms with van der Waals surface area (Å²) in [6, 6.07) is 8.96. The molecule has 1 aliphatic carbocycles. The van der Waals surface area contributed by atoms with Crippen molar-refractivity contribution >= 4 is 17.8 Å². The fourth-order valence-electron chi connectivity index (χ4n) is 3.28. The zero-order chi connectivity index (χ0) is 18.8. The Morgan fingerprint density at radius 3 is 2.42 bits per heavy atom. The number of esters is 1. The fourth-order valence-corrected chi connectivity index (χ4v) is 3.28. The van der Waals surface area contributed by atoms with Gasteiger partial charge in [-0.05, 0) is 38.3 Å². The lowest BCUT2D eigenvalue weighted by Crippen LogP contribution is -2.56. The van der Waals surface area contributed by atoms with E-state index in [1.54, 1.807) is 31.2 Å². The van der Waals surface area contributed by atoms with Crippen LogP contribution in [0.4, 0.5) is 0 Å². The van der Waals surface area contributed by atoms with Crippen LogP contribution in [0.25, 0.3) is 0 Å². The molecule has 0 unspecified atom stereocenters. The molecule has 26 heavy (non-hydrogen) atoms. The Morgan fingerprint density at radius 2 is 1.77 bits per heavy atom. The third kappa shape index (κ3) is 5.58. The van der Waals surface area contributed by atoms with Gasteiger partial charge in [0.25, 0.3) is 5.91 Å². The van der Waals surface area contributed by atoms with Gasteiger partial charge in [-0.2, -0.15) is 0 Å². The molecule has 1 aromatic rings. The summed E-state index contributed by atoms with van der Waals surface area (Å²) in [6.07, 6.45) is 4.92. The van der Waals surface area contributed by atoms with Crippen LogP contribution in [0.3, 0.4) is 0 Å². The van der Waals surface area contributed by atoms with E-state index in [0.717, 1.165) is 19.3 Å². The predicted octanol–water partition coefficient (Wildman–Crippen LogP) is 2.58. The Hall–Kier alpha value is -2.37. The third-order valence-electron chi connectivity index (χ3n) is 4.65. The molecule has 0 aromatic heterocycles. The van der Waals surface area contributed by atoms with E-state index in [1.807, 2.05) is 6.07 Å².